The van der Waals surface area contributed by atoms with E-state index in [4.69, 9.17) is 10.5 Å². The molecule has 5 heteroatoms. The fraction of sp³-hybridized carbons (Fsp3) is 0.0769. The van der Waals surface area contributed by atoms with Gasteiger partial charge in [-0.15, -0.1) is 0 Å². The van der Waals surface area contributed by atoms with Crippen molar-refractivity contribution in [3.63, 3.8) is 0 Å². The first-order chi connectivity index (χ1) is 8.56. The minimum Gasteiger partial charge on any atom is -0.488 e. The van der Waals surface area contributed by atoms with E-state index in [2.05, 4.69) is 15.9 Å². The molecule has 0 bridgehead atoms. The highest BCUT2D eigenvalue weighted by atomic mass is 79.9. The summed E-state index contributed by atoms with van der Waals surface area (Å²) in [6.07, 6.45) is 0. The third kappa shape index (κ3) is 2.98. The Kier molecular flexibility index (Phi) is 3.81. The van der Waals surface area contributed by atoms with Crippen LogP contribution in [-0.2, 0) is 6.61 Å². The molecule has 2 rings (SSSR count). The van der Waals surface area contributed by atoms with Gasteiger partial charge in [0, 0.05) is 17.3 Å². The normalized spacial score (nSPS) is 10.4. The van der Waals surface area contributed by atoms with E-state index in [1.807, 2.05) is 0 Å². The van der Waals surface area contributed by atoms with Gasteiger partial charge in [0.25, 0.3) is 0 Å². The summed E-state index contributed by atoms with van der Waals surface area (Å²) in [6.45, 7) is 0.0750. The molecular formula is C13H10BrF2NO. The van der Waals surface area contributed by atoms with Crippen molar-refractivity contribution >= 4 is 21.6 Å². The summed E-state index contributed by atoms with van der Waals surface area (Å²) in [5.41, 5.74) is 6.64. The van der Waals surface area contributed by atoms with Crippen LogP contribution in [0.1, 0.15) is 5.56 Å². The van der Waals surface area contributed by atoms with Crippen LogP contribution < -0.4 is 10.5 Å². The first-order valence-electron chi connectivity index (χ1n) is 5.18. The molecule has 2 N–H and O–H groups in total. The maximum absolute atomic E-state index is 13.0. The summed E-state index contributed by atoms with van der Waals surface area (Å²) in [4.78, 5) is 0. The summed E-state index contributed by atoms with van der Waals surface area (Å²) in [5.74, 6) is -0.444. The third-order valence-electron chi connectivity index (χ3n) is 2.38. The lowest BCUT2D eigenvalue weighted by Crippen LogP contribution is -2.01. The number of hydrogen-bond acceptors (Lipinski definition) is 2. The number of hydrogen-bond donors (Lipinski definition) is 1. The second kappa shape index (κ2) is 5.35. The van der Waals surface area contributed by atoms with Crippen LogP contribution in [0.4, 0.5) is 14.5 Å². The summed E-state index contributed by atoms with van der Waals surface area (Å²) in [6, 6.07) is 8.14. The third-order valence-corrected chi connectivity index (χ3v) is 3.04. The number of nitrogens with two attached hydrogens (primary N) is 1. The van der Waals surface area contributed by atoms with Crippen LogP contribution in [0.15, 0.2) is 40.9 Å². The molecule has 0 heterocycles. The fourth-order valence-electron chi connectivity index (χ4n) is 1.44. The van der Waals surface area contributed by atoms with E-state index in [0.29, 0.717) is 21.5 Å². The SMILES string of the molecule is Nc1ccc(F)cc1COc1cc(F)ccc1Br. The fourth-order valence-corrected chi connectivity index (χ4v) is 1.80. The van der Waals surface area contributed by atoms with Gasteiger partial charge in [-0.1, -0.05) is 0 Å². The number of ether oxygens (including phenoxy) is 1. The molecule has 0 atom stereocenters. The molecule has 18 heavy (non-hydrogen) atoms. The van der Waals surface area contributed by atoms with Crippen LogP contribution in [0.25, 0.3) is 0 Å². The van der Waals surface area contributed by atoms with Gasteiger partial charge >= 0.3 is 0 Å². The monoisotopic (exact) mass is 313 g/mol. The van der Waals surface area contributed by atoms with Gasteiger partial charge in [-0.3, -0.25) is 0 Å². The molecule has 0 fully saturated rings. The molecule has 2 nitrogen and oxygen atoms in total. The second-order valence-corrected chi connectivity index (χ2v) is 4.56. The lowest BCUT2D eigenvalue weighted by molar-refractivity contribution is 0.302. The van der Waals surface area contributed by atoms with Gasteiger partial charge in [-0.25, -0.2) is 8.78 Å². The van der Waals surface area contributed by atoms with Crippen molar-refractivity contribution < 1.29 is 13.5 Å². The van der Waals surface area contributed by atoms with E-state index in [0.717, 1.165) is 0 Å². The molecule has 0 saturated carbocycles. The topological polar surface area (TPSA) is 35.2 Å². The number of benzene rings is 2. The standard InChI is InChI=1S/C13H10BrF2NO/c14-11-3-1-10(16)6-13(11)18-7-8-5-9(15)2-4-12(8)17/h1-6H,7,17H2. The van der Waals surface area contributed by atoms with Crippen molar-refractivity contribution in [2.24, 2.45) is 0 Å². The van der Waals surface area contributed by atoms with Crippen molar-refractivity contribution in [2.75, 3.05) is 5.73 Å². The predicted molar refractivity (Wildman–Crippen MR) is 69.2 cm³/mol. The van der Waals surface area contributed by atoms with Crippen molar-refractivity contribution in [2.45, 2.75) is 6.61 Å². The van der Waals surface area contributed by atoms with Gasteiger partial charge in [0.2, 0.25) is 0 Å². The summed E-state index contributed by atoms with van der Waals surface area (Å²) in [5, 5.41) is 0. The zero-order valence-electron chi connectivity index (χ0n) is 9.29. The zero-order chi connectivity index (χ0) is 13.1. The van der Waals surface area contributed by atoms with Gasteiger partial charge < -0.3 is 10.5 Å². The van der Waals surface area contributed by atoms with E-state index in [9.17, 15) is 8.78 Å². The van der Waals surface area contributed by atoms with E-state index in [1.54, 1.807) is 6.07 Å². The van der Waals surface area contributed by atoms with Crippen molar-refractivity contribution in [3.8, 4) is 5.75 Å². The minimum absolute atomic E-state index is 0.0750. The lowest BCUT2D eigenvalue weighted by Gasteiger charge is -2.10. The molecule has 0 radical (unpaired) electrons. The maximum atomic E-state index is 13.0. The maximum Gasteiger partial charge on any atom is 0.136 e. The molecule has 0 aromatic heterocycles. The lowest BCUT2D eigenvalue weighted by atomic mass is 10.2. The zero-order valence-corrected chi connectivity index (χ0v) is 10.9. The molecule has 0 aliphatic carbocycles. The number of halogens is 3. The van der Waals surface area contributed by atoms with Crippen LogP contribution in [0.2, 0.25) is 0 Å². The Balaban J connectivity index is 2.16. The summed E-state index contributed by atoms with van der Waals surface area (Å²) >= 11 is 3.24. The molecule has 0 unspecified atom stereocenters. The molecule has 0 spiro atoms. The van der Waals surface area contributed by atoms with Crippen molar-refractivity contribution in [1.82, 2.24) is 0 Å². The highest BCUT2D eigenvalue weighted by Gasteiger charge is 2.06. The molecule has 0 amide bonds. The number of anilines is 1. The van der Waals surface area contributed by atoms with E-state index in [-0.39, 0.29) is 12.4 Å². The molecular weight excluding hydrogens is 304 g/mol. The molecule has 2 aromatic rings. The second-order valence-electron chi connectivity index (χ2n) is 3.71. The number of nitrogen functional groups attached to an aromatic ring is 1. The first-order valence-corrected chi connectivity index (χ1v) is 5.97. The average molecular weight is 314 g/mol. The Labute approximate surface area is 112 Å². The largest absolute Gasteiger partial charge is 0.488 e. The van der Waals surface area contributed by atoms with Gasteiger partial charge in [0.05, 0.1) is 4.47 Å². The Bertz CT molecular complexity index is 523. The van der Waals surface area contributed by atoms with Gasteiger partial charge in [0.1, 0.15) is 24.0 Å². The summed E-state index contributed by atoms with van der Waals surface area (Å²) in [7, 11) is 0. The van der Waals surface area contributed by atoms with Crippen LogP contribution >= 0.6 is 15.9 Å². The quantitative estimate of drug-likeness (QED) is 0.873. The van der Waals surface area contributed by atoms with Gasteiger partial charge in [-0.2, -0.15) is 0 Å². The molecule has 0 aliphatic rings. The average Bonchev–Trinajstić information content (AvgIpc) is 2.34. The van der Waals surface area contributed by atoms with Crippen molar-refractivity contribution in [3.05, 3.63) is 58.1 Å². The van der Waals surface area contributed by atoms with E-state index < -0.39 is 5.82 Å². The Morgan fingerprint density at radius 3 is 2.50 bits per heavy atom. The molecule has 0 saturated heterocycles. The van der Waals surface area contributed by atoms with Crippen LogP contribution in [0.5, 0.6) is 5.75 Å². The van der Waals surface area contributed by atoms with Crippen LogP contribution in [0.3, 0.4) is 0 Å². The van der Waals surface area contributed by atoms with Crippen molar-refractivity contribution in [1.29, 1.82) is 0 Å². The highest BCUT2D eigenvalue weighted by Crippen LogP contribution is 2.27. The highest BCUT2D eigenvalue weighted by molar-refractivity contribution is 9.10. The number of rotatable bonds is 3. The first kappa shape index (κ1) is 12.8. The van der Waals surface area contributed by atoms with Crippen LogP contribution in [-0.4, -0.2) is 0 Å². The van der Waals surface area contributed by atoms with Gasteiger partial charge in [0.15, 0.2) is 0 Å². The van der Waals surface area contributed by atoms with E-state index >= 15 is 0 Å². The Morgan fingerprint density at radius 2 is 1.72 bits per heavy atom. The Morgan fingerprint density at radius 1 is 1.06 bits per heavy atom. The Hall–Kier alpha value is -1.62. The van der Waals surface area contributed by atoms with E-state index in [1.165, 1.54) is 30.3 Å². The van der Waals surface area contributed by atoms with Gasteiger partial charge in [-0.05, 0) is 46.3 Å². The molecule has 2 aromatic carbocycles. The summed E-state index contributed by atoms with van der Waals surface area (Å²) < 4.78 is 32.1. The molecule has 94 valence electrons. The molecule has 0 aliphatic heterocycles. The smallest absolute Gasteiger partial charge is 0.136 e. The predicted octanol–water partition coefficient (Wildman–Crippen LogP) is 3.89. The van der Waals surface area contributed by atoms with Crippen LogP contribution in [0, 0.1) is 11.6 Å². The minimum atomic E-state index is -0.402.